The van der Waals surface area contributed by atoms with Gasteiger partial charge in [0.2, 0.25) is 0 Å². The van der Waals surface area contributed by atoms with Crippen LogP contribution in [0.5, 0.6) is 0 Å². The van der Waals surface area contributed by atoms with Crippen molar-refractivity contribution in [2.45, 2.75) is 112 Å². The minimum atomic E-state index is -0.562. The van der Waals surface area contributed by atoms with E-state index in [2.05, 4.69) is 40.7 Å². The molecule has 0 saturated heterocycles. The zero-order chi connectivity index (χ0) is 24.8. The van der Waals surface area contributed by atoms with Gasteiger partial charge in [0.15, 0.2) is 0 Å². The topological polar surface area (TPSA) is 63.6 Å². The van der Waals surface area contributed by atoms with E-state index in [4.69, 9.17) is 4.74 Å². The highest BCUT2D eigenvalue weighted by Gasteiger charge is 2.63. The van der Waals surface area contributed by atoms with E-state index in [1.54, 1.807) is 0 Å². The van der Waals surface area contributed by atoms with E-state index < -0.39 is 5.97 Å². The van der Waals surface area contributed by atoms with Crippen molar-refractivity contribution in [3.63, 3.8) is 0 Å². The van der Waals surface area contributed by atoms with Crippen LogP contribution in [0.25, 0.3) is 0 Å². The lowest BCUT2D eigenvalue weighted by molar-refractivity contribution is -0.148. The van der Waals surface area contributed by atoms with Gasteiger partial charge in [-0.25, -0.2) is 0 Å². The average molecular weight is 473 g/mol. The Balaban J connectivity index is 1.56. The minimum Gasteiger partial charge on any atom is -0.481 e. The van der Waals surface area contributed by atoms with Crippen molar-refractivity contribution in [1.82, 2.24) is 0 Å². The molecule has 4 aliphatic rings. The number of aliphatic carboxylic acids is 1. The van der Waals surface area contributed by atoms with Crippen molar-refractivity contribution in [3.05, 3.63) is 11.6 Å². The molecule has 4 rings (SSSR count). The molecule has 4 aliphatic carbocycles. The first-order valence-corrected chi connectivity index (χ1v) is 14.1. The number of fused-ring (bicyclic) bond motifs is 5. The summed E-state index contributed by atoms with van der Waals surface area (Å²) in [5.74, 6) is 2.28. The lowest BCUT2D eigenvalue weighted by Crippen LogP contribution is -2.51. The SMILES string of the molecule is CC(=O)O[C@H]1CC[C@@]2(C)C(=CC[C@H]3[C@@H]4CC(C(=O)O)[C@H]([C@H](C)CCCC(C)C)[C@@]4(C)CC[C@@H]32)C1. The predicted molar refractivity (Wildman–Crippen MR) is 135 cm³/mol. The smallest absolute Gasteiger partial charge is 0.306 e. The second-order valence-electron chi connectivity index (χ2n) is 13.3. The third kappa shape index (κ3) is 4.48. The van der Waals surface area contributed by atoms with Crippen molar-refractivity contribution in [2.75, 3.05) is 0 Å². The van der Waals surface area contributed by atoms with E-state index >= 15 is 0 Å². The summed E-state index contributed by atoms with van der Waals surface area (Å²) >= 11 is 0. The largest absolute Gasteiger partial charge is 0.481 e. The lowest BCUT2D eigenvalue weighted by atomic mass is 9.47. The van der Waals surface area contributed by atoms with Gasteiger partial charge in [-0.2, -0.15) is 0 Å². The molecule has 0 radical (unpaired) electrons. The van der Waals surface area contributed by atoms with Crippen LogP contribution >= 0.6 is 0 Å². The van der Waals surface area contributed by atoms with Crippen LogP contribution in [0.15, 0.2) is 11.6 Å². The molecule has 1 N–H and O–H groups in total. The molecule has 3 fully saturated rings. The maximum Gasteiger partial charge on any atom is 0.306 e. The van der Waals surface area contributed by atoms with E-state index in [1.807, 2.05) is 0 Å². The Kier molecular flexibility index (Phi) is 7.29. The molecule has 192 valence electrons. The monoisotopic (exact) mass is 472 g/mol. The van der Waals surface area contributed by atoms with Crippen LogP contribution in [-0.4, -0.2) is 23.1 Å². The summed E-state index contributed by atoms with van der Waals surface area (Å²) in [7, 11) is 0. The van der Waals surface area contributed by atoms with Crippen LogP contribution in [0.2, 0.25) is 0 Å². The average Bonchev–Trinajstić information content (AvgIpc) is 3.07. The van der Waals surface area contributed by atoms with Gasteiger partial charge in [-0.1, -0.05) is 65.5 Å². The van der Waals surface area contributed by atoms with Crippen molar-refractivity contribution in [2.24, 2.45) is 52.3 Å². The fourth-order valence-electron chi connectivity index (χ4n) is 9.38. The van der Waals surface area contributed by atoms with Crippen LogP contribution in [0, 0.1) is 52.3 Å². The normalized spacial score (nSPS) is 42.3. The molecule has 9 atom stereocenters. The Labute approximate surface area is 207 Å². The maximum absolute atomic E-state index is 12.5. The molecule has 4 heteroatoms. The van der Waals surface area contributed by atoms with Crippen LogP contribution in [-0.2, 0) is 14.3 Å². The first-order valence-electron chi connectivity index (χ1n) is 14.1. The van der Waals surface area contributed by atoms with Gasteiger partial charge in [-0.15, -0.1) is 0 Å². The zero-order valence-electron chi connectivity index (χ0n) is 22.4. The molecule has 4 nitrogen and oxygen atoms in total. The van der Waals surface area contributed by atoms with E-state index in [9.17, 15) is 14.7 Å². The molecular formula is C30H48O4. The van der Waals surface area contributed by atoms with Gasteiger partial charge in [0, 0.05) is 13.3 Å². The van der Waals surface area contributed by atoms with Gasteiger partial charge in [0.25, 0.3) is 0 Å². The van der Waals surface area contributed by atoms with Gasteiger partial charge in [-0.3, -0.25) is 9.59 Å². The molecule has 0 bridgehead atoms. The van der Waals surface area contributed by atoms with Gasteiger partial charge < -0.3 is 9.84 Å². The summed E-state index contributed by atoms with van der Waals surface area (Å²) in [5.41, 5.74) is 1.82. The lowest BCUT2D eigenvalue weighted by Gasteiger charge is -2.58. The van der Waals surface area contributed by atoms with Crippen LogP contribution in [0.4, 0.5) is 0 Å². The minimum absolute atomic E-state index is 0.0289. The quantitative estimate of drug-likeness (QED) is 0.312. The number of allylic oxidation sites excluding steroid dienone is 1. The zero-order valence-corrected chi connectivity index (χ0v) is 22.4. The van der Waals surface area contributed by atoms with Crippen molar-refractivity contribution < 1.29 is 19.4 Å². The number of carboxylic acid groups (broad SMARTS) is 1. The maximum atomic E-state index is 12.5. The second-order valence-corrected chi connectivity index (χ2v) is 13.3. The molecule has 0 amide bonds. The van der Waals surface area contributed by atoms with E-state index in [-0.39, 0.29) is 28.8 Å². The molecule has 0 heterocycles. The second kappa shape index (κ2) is 9.62. The van der Waals surface area contributed by atoms with Crippen LogP contribution in [0.1, 0.15) is 106 Å². The van der Waals surface area contributed by atoms with Crippen molar-refractivity contribution in [1.29, 1.82) is 0 Å². The first kappa shape index (κ1) is 25.8. The Morgan fingerprint density at radius 3 is 2.50 bits per heavy atom. The molecular weight excluding hydrogens is 424 g/mol. The Morgan fingerprint density at radius 2 is 1.85 bits per heavy atom. The summed E-state index contributed by atoms with van der Waals surface area (Å²) in [4.78, 5) is 24.0. The third-order valence-electron chi connectivity index (χ3n) is 10.9. The number of carbonyl (C=O) groups is 2. The Morgan fingerprint density at radius 1 is 1.12 bits per heavy atom. The number of hydrogen-bond donors (Lipinski definition) is 1. The van der Waals surface area contributed by atoms with Gasteiger partial charge in [0.05, 0.1) is 5.92 Å². The number of rotatable bonds is 7. The summed E-state index contributed by atoms with van der Waals surface area (Å²) < 4.78 is 5.59. The molecule has 0 aromatic rings. The number of carbonyl (C=O) groups excluding carboxylic acids is 1. The van der Waals surface area contributed by atoms with E-state index in [0.29, 0.717) is 35.5 Å². The number of esters is 1. The van der Waals surface area contributed by atoms with Gasteiger partial charge >= 0.3 is 11.9 Å². The first-order chi connectivity index (χ1) is 16.0. The Hall–Kier alpha value is -1.32. The predicted octanol–water partition coefficient (Wildman–Crippen LogP) is 7.27. The highest BCUT2D eigenvalue weighted by molar-refractivity contribution is 5.71. The molecule has 0 spiro atoms. The molecule has 0 aromatic carbocycles. The standard InChI is InChI=1S/C30H48O4/c1-18(2)8-7-9-19(3)27-24(28(32)33)17-26-23-11-10-21-16-22(34-20(4)31)12-14-29(21,5)25(23)13-15-30(26,27)6/h10,18-19,22-27H,7-9,11-17H2,1-6H3,(H,32,33)/t19-,22+,23-,24?,25+,26+,27+,29+,30+/m1/s1. The summed E-state index contributed by atoms with van der Waals surface area (Å²) in [5, 5.41) is 10.3. The Bertz CT molecular complexity index is 815. The number of carboxylic acids is 1. The van der Waals surface area contributed by atoms with E-state index in [1.165, 1.54) is 31.8 Å². The van der Waals surface area contributed by atoms with Crippen LogP contribution < -0.4 is 0 Å². The summed E-state index contributed by atoms with van der Waals surface area (Å²) in [6.07, 6.45) is 13.3. The van der Waals surface area contributed by atoms with E-state index in [0.717, 1.165) is 44.9 Å². The molecule has 3 saturated carbocycles. The molecule has 0 aromatic heterocycles. The molecule has 0 aliphatic heterocycles. The van der Waals surface area contributed by atoms with Crippen LogP contribution in [0.3, 0.4) is 0 Å². The summed E-state index contributed by atoms with van der Waals surface area (Å²) in [6, 6.07) is 0. The van der Waals surface area contributed by atoms with Crippen molar-refractivity contribution in [3.8, 4) is 0 Å². The summed E-state index contributed by atoms with van der Waals surface area (Å²) in [6.45, 7) is 13.3. The highest BCUT2D eigenvalue weighted by atomic mass is 16.5. The fraction of sp³-hybridized carbons (Fsp3) is 0.867. The third-order valence-corrected chi connectivity index (χ3v) is 10.9. The fourth-order valence-corrected chi connectivity index (χ4v) is 9.38. The van der Waals surface area contributed by atoms with Crippen molar-refractivity contribution >= 4 is 11.9 Å². The van der Waals surface area contributed by atoms with Gasteiger partial charge in [0.1, 0.15) is 6.10 Å². The molecule has 1 unspecified atom stereocenters. The van der Waals surface area contributed by atoms with Gasteiger partial charge in [-0.05, 0) is 84.9 Å². The highest BCUT2D eigenvalue weighted by Crippen LogP contribution is 2.68. The molecule has 34 heavy (non-hydrogen) atoms. The number of hydrogen-bond acceptors (Lipinski definition) is 3. The number of ether oxygens (including phenoxy) is 1.